The molecular weight excluding hydrogens is 340 g/mol. The van der Waals surface area contributed by atoms with Gasteiger partial charge in [-0.05, 0) is 19.2 Å². The van der Waals surface area contributed by atoms with E-state index in [2.05, 4.69) is 20.0 Å². The van der Waals surface area contributed by atoms with Crippen LogP contribution in [0.25, 0.3) is 16.7 Å². The zero-order chi connectivity index (χ0) is 17.4. The van der Waals surface area contributed by atoms with Crippen molar-refractivity contribution in [1.29, 1.82) is 0 Å². The third kappa shape index (κ3) is 3.03. The van der Waals surface area contributed by atoms with Crippen LogP contribution in [-0.2, 0) is 11.3 Å². The van der Waals surface area contributed by atoms with Gasteiger partial charge in [0.05, 0.1) is 29.8 Å². The molecule has 132 valence electrons. The van der Waals surface area contributed by atoms with E-state index < -0.39 is 0 Å². The number of fused-ring (bicyclic) bond motifs is 3. The fraction of sp³-hybridized carbons (Fsp3) is 0.500. The van der Waals surface area contributed by atoms with Gasteiger partial charge < -0.3 is 9.30 Å². The van der Waals surface area contributed by atoms with Crippen molar-refractivity contribution in [2.75, 3.05) is 39.1 Å². The summed E-state index contributed by atoms with van der Waals surface area (Å²) in [6.45, 7) is 6.70. The average molecular weight is 360 g/mol. The normalized spacial score (nSPS) is 16.1. The first kappa shape index (κ1) is 16.5. The molecule has 3 aromatic rings. The largest absolute Gasteiger partial charge is 0.379 e. The highest BCUT2D eigenvalue weighted by Crippen LogP contribution is 2.17. The quantitative estimate of drug-likeness (QED) is 0.637. The number of ether oxygens (including phenoxy) is 1. The molecule has 0 radical (unpaired) electrons. The van der Waals surface area contributed by atoms with Crippen molar-refractivity contribution >= 4 is 28.4 Å². The van der Waals surface area contributed by atoms with Crippen LogP contribution in [0.15, 0.2) is 22.2 Å². The highest BCUT2D eigenvalue weighted by atomic mass is 32.2. The molecule has 25 heavy (non-hydrogen) atoms. The lowest BCUT2D eigenvalue weighted by molar-refractivity contribution is 0.0363. The van der Waals surface area contributed by atoms with Gasteiger partial charge in [0.15, 0.2) is 0 Å². The molecule has 0 aliphatic carbocycles. The van der Waals surface area contributed by atoms with Gasteiger partial charge >= 0.3 is 0 Å². The average Bonchev–Trinajstić information content (AvgIpc) is 3.05. The van der Waals surface area contributed by atoms with Gasteiger partial charge in [-0.2, -0.15) is 9.50 Å². The van der Waals surface area contributed by atoms with Crippen LogP contribution in [0, 0.1) is 6.92 Å². The van der Waals surface area contributed by atoms with E-state index in [0.29, 0.717) is 28.6 Å². The SMILES string of the molecule is CSc1nc2nc(C)c3c(=O)n(CCN4CCOCC4)ccc3n2n1. The van der Waals surface area contributed by atoms with Crippen LogP contribution in [0.4, 0.5) is 0 Å². The summed E-state index contributed by atoms with van der Waals surface area (Å²) in [6, 6.07) is 1.93. The molecule has 1 aliphatic heterocycles. The van der Waals surface area contributed by atoms with Crippen LogP contribution in [0.3, 0.4) is 0 Å². The summed E-state index contributed by atoms with van der Waals surface area (Å²) in [5, 5.41) is 5.68. The van der Waals surface area contributed by atoms with Crippen LogP contribution in [0.2, 0.25) is 0 Å². The van der Waals surface area contributed by atoms with Gasteiger partial charge in [0, 0.05) is 32.4 Å². The summed E-state index contributed by atoms with van der Waals surface area (Å²) < 4.78 is 8.77. The van der Waals surface area contributed by atoms with E-state index in [1.165, 1.54) is 11.8 Å². The number of rotatable bonds is 4. The molecule has 3 aromatic heterocycles. The van der Waals surface area contributed by atoms with Crippen molar-refractivity contribution in [3.8, 4) is 0 Å². The Morgan fingerprint density at radius 1 is 1.24 bits per heavy atom. The molecule has 0 N–H and O–H groups in total. The smallest absolute Gasteiger partial charge is 0.261 e. The standard InChI is InChI=1S/C16H20N6O2S/c1-11-13-12(22-15(17-11)18-16(19-22)25-2)3-4-21(14(13)23)6-5-20-7-9-24-10-8-20/h3-4H,5-10H2,1-2H3. The number of aryl methyl sites for hydroxylation is 1. The van der Waals surface area contributed by atoms with Gasteiger partial charge in [-0.3, -0.25) is 9.69 Å². The van der Waals surface area contributed by atoms with Crippen LogP contribution < -0.4 is 5.56 Å². The number of hydrogen-bond acceptors (Lipinski definition) is 7. The van der Waals surface area contributed by atoms with Gasteiger partial charge in [0.2, 0.25) is 5.16 Å². The molecule has 0 spiro atoms. The fourth-order valence-corrected chi connectivity index (χ4v) is 3.48. The second kappa shape index (κ2) is 6.74. The Morgan fingerprint density at radius 2 is 2.04 bits per heavy atom. The Hall–Kier alpha value is -1.97. The lowest BCUT2D eigenvalue weighted by atomic mass is 10.2. The molecule has 0 bridgehead atoms. The van der Waals surface area contributed by atoms with Gasteiger partial charge in [-0.15, -0.1) is 5.10 Å². The van der Waals surface area contributed by atoms with Crippen molar-refractivity contribution in [2.24, 2.45) is 0 Å². The van der Waals surface area contributed by atoms with Gasteiger partial charge in [-0.1, -0.05) is 11.8 Å². The third-order valence-electron chi connectivity index (χ3n) is 4.51. The van der Waals surface area contributed by atoms with Crippen molar-refractivity contribution in [3.05, 3.63) is 28.3 Å². The summed E-state index contributed by atoms with van der Waals surface area (Å²) in [7, 11) is 0. The predicted molar refractivity (Wildman–Crippen MR) is 96.3 cm³/mol. The first-order valence-electron chi connectivity index (χ1n) is 8.28. The first-order valence-corrected chi connectivity index (χ1v) is 9.50. The van der Waals surface area contributed by atoms with E-state index >= 15 is 0 Å². The van der Waals surface area contributed by atoms with E-state index in [0.717, 1.165) is 38.4 Å². The second-order valence-electron chi connectivity index (χ2n) is 6.04. The van der Waals surface area contributed by atoms with Crippen molar-refractivity contribution < 1.29 is 4.74 Å². The molecule has 4 heterocycles. The molecule has 0 unspecified atom stereocenters. The molecule has 1 fully saturated rings. The third-order valence-corrected chi connectivity index (χ3v) is 5.05. The molecule has 0 amide bonds. The predicted octanol–water partition coefficient (Wildman–Crippen LogP) is 0.802. The molecule has 0 aromatic carbocycles. The summed E-state index contributed by atoms with van der Waals surface area (Å²) in [5.41, 5.74) is 1.41. The molecule has 9 heteroatoms. The van der Waals surface area contributed by atoms with E-state index in [-0.39, 0.29) is 5.56 Å². The monoisotopic (exact) mass is 360 g/mol. The first-order chi connectivity index (χ1) is 12.2. The zero-order valence-corrected chi connectivity index (χ0v) is 15.1. The van der Waals surface area contributed by atoms with E-state index in [4.69, 9.17) is 4.74 Å². The number of morpholine rings is 1. The highest BCUT2D eigenvalue weighted by molar-refractivity contribution is 7.98. The van der Waals surface area contributed by atoms with Crippen molar-refractivity contribution in [2.45, 2.75) is 18.6 Å². The topological polar surface area (TPSA) is 77.5 Å². The van der Waals surface area contributed by atoms with Crippen LogP contribution in [0.5, 0.6) is 0 Å². The summed E-state index contributed by atoms with van der Waals surface area (Å²) in [4.78, 5) is 24.1. The molecule has 8 nitrogen and oxygen atoms in total. The molecule has 0 saturated carbocycles. The van der Waals surface area contributed by atoms with E-state index in [1.807, 2.05) is 25.4 Å². The summed E-state index contributed by atoms with van der Waals surface area (Å²) in [6.07, 6.45) is 3.76. The fourth-order valence-electron chi connectivity index (χ4n) is 3.14. The number of nitrogens with zero attached hydrogens (tertiary/aromatic N) is 6. The zero-order valence-electron chi connectivity index (χ0n) is 14.3. The second-order valence-corrected chi connectivity index (χ2v) is 6.81. The minimum Gasteiger partial charge on any atom is -0.379 e. The number of thioether (sulfide) groups is 1. The van der Waals surface area contributed by atoms with Crippen molar-refractivity contribution in [1.82, 2.24) is 29.0 Å². The molecule has 1 aliphatic rings. The summed E-state index contributed by atoms with van der Waals surface area (Å²) in [5.74, 6) is 0.528. The minimum atomic E-state index is -0.0288. The van der Waals surface area contributed by atoms with E-state index in [9.17, 15) is 4.79 Å². The van der Waals surface area contributed by atoms with Gasteiger partial charge in [0.1, 0.15) is 0 Å². The van der Waals surface area contributed by atoms with Gasteiger partial charge in [0.25, 0.3) is 11.3 Å². The Morgan fingerprint density at radius 3 is 2.80 bits per heavy atom. The van der Waals surface area contributed by atoms with Crippen molar-refractivity contribution in [3.63, 3.8) is 0 Å². The Kier molecular flexibility index (Phi) is 4.45. The van der Waals surface area contributed by atoms with Crippen LogP contribution in [-0.4, -0.2) is 68.2 Å². The lowest BCUT2D eigenvalue weighted by Crippen LogP contribution is -2.39. The summed E-state index contributed by atoms with van der Waals surface area (Å²) >= 11 is 1.46. The Bertz CT molecular complexity index is 976. The highest BCUT2D eigenvalue weighted by Gasteiger charge is 2.15. The minimum absolute atomic E-state index is 0.0288. The molecular formula is C16H20N6O2S. The Balaban J connectivity index is 1.72. The number of aromatic nitrogens is 5. The van der Waals surface area contributed by atoms with Crippen LogP contribution in [0.1, 0.15) is 5.69 Å². The number of hydrogen-bond donors (Lipinski definition) is 0. The number of pyridine rings is 1. The molecule has 4 rings (SSSR count). The maximum absolute atomic E-state index is 13.0. The van der Waals surface area contributed by atoms with Gasteiger partial charge in [-0.25, -0.2) is 4.98 Å². The van der Waals surface area contributed by atoms with Crippen LogP contribution >= 0.6 is 11.8 Å². The molecule has 0 atom stereocenters. The Labute approximate surface area is 148 Å². The lowest BCUT2D eigenvalue weighted by Gasteiger charge is -2.26. The van der Waals surface area contributed by atoms with E-state index in [1.54, 1.807) is 9.08 Å². The maximum Gasteiger partial charge on any atom is 0.261 e. The maximum atomic E-state index is 13.0. The molecule has 1 saturated heterocycles.